The number of hydrogen-bond acceptors (Lipinski definition) is 9. The lowest BCUT2D eigenvalue weighted by Gasteiger charge is -2.41. The maximum atomic E-state index is 11.7. The fourth-order valence-corrected chi connectivity index (χ4v) is 5.72. The number of nitrogens with one attached hydrogen (secondary N) is 1. The summed E-state index contributed by atoms with van der Waals surface area (Å²) in [6.07, 6.45) is 8.37. The number of hydrogen-bond donors (Lipinski definition) is 2. The molecule has 36 heavy (non-hydrogen) atoms. The summed E-state index contributed by atoms with van der Waals surface area (Å²) < 4.78 is 25.0. The molecule has 5 rings (SSSR count). The molecule has 0 aliphatic carbocycles. The Labute approximate surface area is 210 Å². The SMILES string of the molecule is C[C@@H](CO)c1ccc(N2CC(CS(C)(=O)=O)C2)c2cnc(Nc3ccnc(-c4cnn(C)c4)n3)cc12. The molecule has 3 aromatic heterocycles. The lowest BCUT2D eigenvalue weighted by Crippen LogP contribution is -2.49. The van der Waals surface area contributed by atoms with E-state index in [4.69, 9.17) is 0 Å². The molecule has 0 bridgehead atoms. The predicted octanol–water partition coefficient (Wildman–Crippen LogP) is 2.75. The third kappa shape index (κ3) is 5.02. The van der Waals surface area contributed by atoms with Crippen LogP contribution < -0.4 is 10.2 Å². The van der Waals surface area contributed by atoms with E-state index in [9.17, 15) is 13.5 Å². The monoisotopic (exact) mass is 507 g/mol. The summed E-state index contributed by atoms with van der Waals surface area (Å²) in [5, 5.41) is 19.3. The minimum Gasteiger partial charge on any atom is -0.396 e. The maximum Gasteiger partial charge on any atom is 0.164 e. The predicted molar refractivity (Wildman–Crippen MR) is 140 cm³/mol. The molecule has 1 saturated heterocycles. The van der Waals surface area contributed by atoms with Crippen LogP contribution in [0.25, 0.3) is 22.2 Å². The van der Waals surface area contributed by atoms with Crippen LogP contribution in [0.4, 0.5) is 17.3 Å². The summed E-state index contributed by atoms with van der Waals surface area (Å²) in [6.45, 7) is 3.39. The fraction of sp³-hybridized carbons (Fsp3) is 0.360. The van der Waals surface area contributed by atoms with Crippen LogP contribution in [-0.4, -0.2) is 70.0 Å². The van der Waals surface area contributed by atoms with Crippen LogP contribution in [-0.2, 0) is 16.9 Å². The second-order valence-corrected chi connectivity index (χ2v) is 11.7. The molecule has 0 spiro atoms. The zero-order valence-corrected chi connectivity index (χ0v) is 21.3. The Morgan fingerprint density at radius 3 is 2.64 bits per heavy atom. The largest absolute Gasteiger partial charge is 0.396 e. The number of rotatable bonds is 8. The van der Waals surface area contributed by atoms with Gasteiger partial charge >= 0.3 is 0 Å². The second kappa shape index (κ2) is 9.47. The molecule has 1 fully saturated rings. The van der Waals surface area contributed by atoms with Crippen molar-refractivity contribution in [2.24, 2.45) is 13.0 Å². The lowest BCUT2D eigenvalue weighted by atomic mass is 9.93. The van der Waals surface area contributed by atoms with Gasteiger partial charge in [-0.15, -0.1) is 0 Å². The number of aryl methyl sites for hydroxylation is 1. The summed E-state index contributed by atoms with van der Waals surface area (Å²) in [5.74, 6) is 2.07. The number of sulfone groups is 1. The highest BCUT2D eigenvalue weighted by molar-refractivity contribution is 7.90. The molecule has 1 aromatic carbocycles. The summed E-state index contributed by atoms with van der Waals surface area (Å²) in [4.78, 5) is 15.8. The van der Waals surface area contributed by atoms with Crippen molar-refractivity contribution in [1.29, 1.82) is 0 Å². The van der Waals surface area contributed by atoms with Crippen molar-refractivity contribution in [1.82, 2.24) is 24.7 Å². The van der Waals surface area contributed by atoms with Crippen molar-refractivity contribution in [2.45, 2.75) is 12.8 Å². The van der Waals surface area contributed by atoms with E-state index in [2.05, 4.69) is 30.3 Å². The van der Waals surface area contributed by atoms with Gasteiger partial charge in [0.1, 0.15) is 21.5 Å². The highest BCUT2D eigenvalue weighted by atomic mass is 32.2. The molecular weight excluding hydrogens is 478 g/mol. The van der Waals surface area contributed by atoms with Crippen LogP contribution in [0.3, 0.4) is 0 Å². The van der Waals surface area contributed by atoms with Crippen molar-refractivity contribution in [3.05, 3.63) is 54.6 Å². The summed E-state index contributed by atoms with van der Waals surface area (Å²) in [5.41, 5.74) is 2.86. The van der Waals surface area contributed by atoms with Crippen molar-refractivity contribution in [2.75, 3.05) is 41.9 Å². The molecule has 0 radical (unpaired) electrons. The second-order valence-electron chi connectivity index (χ2n) is 9.53. The first-order valence-electron chi connectivity index (χ1n) is 11.8. The average molecular weight is 508 g/mol. The minimum absolute atomic E-state index is 0.0278. The first-order valence-corrected chi connectivity index (χ1v) is 13.8. The van der Waals surface area contributed by atoms with Crippen LogP contribution in [0, 0.1) is 5.92 Å². The first-order chi connectivity index (χ1) is 17.2. The fourth-order valence-electron chi connectivity index (χ4n) is 4.65. The maximum absolute atomic E-state index is 11.7. The van der Waals surface area contributed by atoms with Crippen molar-refractivity contribution in [3.8, 4) is 11.4 Å². The third-order valence-corrected chi connectivity index (χ3v) is 7.50. The van der Waals surface area contributed by atoms with Gasteiger partial charge in [0.2, 0.25) is 0 Å². The molecule has 11 heteroatoms. The quantitative estimate of drug-likeness (QED) is 0.370. The Morgan fingerprint density at radius 1 is 1.14 bits per heavy atom. The molecule has 0 amide bonds. The Hall–Kier alpha value is -3.57. The summed E-state index contributed by atoms with van der Waals surface area (Å²) in [6, 6.07) is 7.83. The highest BCUT2D eigenvalue weighted by Crippen LogP contribution is 2.37. The number of aliphatic hydroxyl groups excluding tert-OH is 1. The number of fused-ring (bicyclic) bond motifs is 1. The number of benzene rings is 1. The topological polar surface area (TPSA) is 126 Å². The van der Waals surface area contributed by atoms with Gasteiger partial charge in [-0.25, -0.2) is 23.4 Å². The van der Waals surface area contributed by atoms with Gasteiger partial charge in [0.05, 0.1) is 17.5 Å². The van der Waals surface area contributed by atoms with E-state index in [1.807, 2.05) is 44.6 Å². The summed E-state index contributed by atoms with van der Waals surface area (Å²) >= 11 is 0. The number of aromatic nitrogens is 5. The van der Waals surface area contributed by atoms with Gasteiger partial charge in [-0.1, -0.05) is 13.0 Å². The van der Waals surface area contributed by atoms with Gasteiger partial charge in [0, 0.05) is 74.5 Å². The molecular formula is C25H29N7O3S. The minimum atomic E-state index is -3.00. The van der Waals surface area contributed by atoms with Crippen LogP contribution in [0.2, 0.25) is 0 Å². The third-order valence-electron chi connectivity index (χ3n) is 6.43. The van der Waals surface area contributed by atoms with E-state index in [0.29, 0.717) is 30.5 Å². The van der Waals surface area contributed by atoms with Crippen LogP contribution in [0.15, 0.2) is 49.1 Å². The van der Waals surface area contributed by atoms with E-state index in [1.54, 1.807) is 23.1 Å². The molecule has 2 N–H and O–H groups in total. The van der Waals surface area contributed by atoms with E-state index in [0.717, 1.165) is 27.6 Å². The van der Waals surface area contributed by atoms with E-state index < -0.39 is 9.84 Å². The molecule has 1 aliphatic rings. The van der Waals surface area contributed by atoms with Gasteiger partial charge in [-0.05, 0) is 29.1 Å². The zero-order chi connectivity index (χ0) is 25.4. The summed E-state index contributed by atoms with van der Waals surface area (Å²) in [7, 11) is -1.16. The Kier molecular flexibility index (Phi) is 6.35. The lowest BCUT2D eigenvalue weighted by molar-refractivity contribution is 0.273. The first kappa shape index (κ1) is 24.1. The van der Waals surface area contributed by atoms with Gasteiger partial charge in [0.15, 0.2) is 5.82 Å². The van der Waals surface area contributed by atoms with E-state index in [1.165, 1.54) is 6.26 Å². The molecule has 0 unspecified atom stereocenters. The number of anilines is 3. The van der Waals surface area contributed by atoms with Gasteiger partial charge in [-0.2, -0.15) is 5.10 Å². The average Bonchev–Trinajstić information content (AvgIpc) is 3.26. The molecule has 4 heterocycles. The van der Waals surface area contributed by atoms with Gasteiger partial charge < -0.3 is 15.3 Å². The Morgan fingerprint density at radius 2 is 1.94 bits per heavy atom. The normalized spacial score (nSPS) is 15.2. The number of aliphatic hydroxyl groups is 1. The van der Waals surface area contributed by atoms with Crippen molar-refractivity contribution >= 4 is 37.9 Å². The van der Waals surface area contributed by atoms with Crippen LogP contribution >= 0.6 is 0 Å². The highest BCUT2D eigenvalue weighted by Gasteiger charge is 2.31. The Bertz CT molecular complexity index is 1510. The van der Waals surface area contributed by atoms with Crippen LogP contribution in [0.1, 0.15) is 18.4 Å². The van der Waals surface area contributed by atoms with Crippen molar-refractivity contribution < 1.29 is 13.5 Å². The zero-order valence-electron chi connectivity index (χ0n) is 20.5. The number of pyridine rings is 1. The standard InChI is InChI=1S/C25H29N7O3S/c1-16(14-33)19-4-5-22(32-11-17(12-32)15-36(3,34)35)21-10-27-24(8-20(19)21)29-23-6-7-26-25(30-23)18-9-28-31(2)13-18/h4-10,13,16-17,33H,11-12,14-15H2,1-3H3,(H,26,27,29,30)/t16-/m0/s1. The van der Waals surface area contributed by atoms with E-state index in [-0.39, 0.29) is 24.2 Å². The van der Waals surface area contributed by atoms with E-state index >= 15 is 0 Å². The van der Waals surface area contributed by atoms with Crippen LogP contribution in [0.5, 0.6) is 0 Å². The van der Waals surface area contributed by atoms with Crippen molar-refractivity contribution in [3.63, 3.8) is 0 Å². The van der Waals surface area contributed by atoms with Gasteiger partial charge in [0.25, 0.3) is 0 Å². The smallest absolute Gasteiger partial charge is 0.164 e. The molecule has 1 aliphatic heterocycles. The molecule has 1 atom stereocenters. The molecule has 0 saturated carbocycles. The molecule has 4 aromatic rings. The Balaban J connectivity index is 1.45. The molecule has 188 valence electrons. The van der Waals surface area contributed by atoms with Gasteiger partial charge in [-0.3, -0.25) is 4.68 Å². The number of nitrogens with zero attached hydrogens (tertiary/aromatic N) is 6. The molecule has 10 nitrogen and oxygen atoms in total.